The summed E-state index contributed by atoms with van der Waals surface area (Å²) in [6.45, 7) is 0.394. The Hall–Kier alpha value is -0.300. The Labute approximate surface area is 55.4 Å². The molecule has 0 unspecified atom stereocenters. The van der Waals surface area contributed by atoms with E-state index >= 15 is 0 Å². The Balaban J connectivity index is 2.10. The molecule has 1 fully saturated rings. The van der Waals surface area contributed by atoms with Crippen LogP contribution in [0.1, 0.15) is 12.8 Å². The Bertz CT molecular complexity index is 140. The van der Waals surface area contributed by atoms with E-state index in [1.54, 1.807) is 0 Å². The van der Waals surface area contributed by atoms with Crippen molar-refractivity contribution < 1.29 is 5.11 Å². The summed E-state index contributed by atoms with van der Waals surface area (Å²) < 4.78 is 0. The van der Waals surface area contributed by atoms with Crippen LogP contribution < -0.4 is 0 Å². The van der Waals surface area contributed by atoms with Gasteiger partial charge in [0.15, 0.2) is 0 Å². The number of fused-ring (bicyclic) bond motifs is 2. The number of aliphatic hydroxyl groups excluding tert-OH is 1. The third-order valence-corrected chi connectivity index (χ3v) is 2.65. The molecular formula is C8H12O. The van der Waals surface area contributed by atoms with Crippen LogP contribution in [0.2, 0.25) is 0 Å². The smallest absolute Gasteiger partial charge is 0.0465 e. The number of aliphatic hydroxyl groups is 1. The molecule has 0 radical (unpaired) electrons. The molecule has 2 bridgehead atoms. The summed E-state index contributed by atoms with van der Waals surface area (Å²) in [7, 11) is 0. The second kappa shape index (κ2) is 1.84. The van der Waals surface area contributed by atoms with Crippen molar-refractivity contribution >= 4 is 0 Å². The van der Waals surface area contributed by atoms with Gasteiger partial charge in [0.25, 0.3) is 0 Å². The molecule has 1 saturated carbocycles. The summed E-state index contributed by atoms with van der Waals surface area (Å²) in [5, 5.41) is 8.85. The van der Waals surface area contributed by atoms with E-state index in [4.69, 9.17) is 5.11 Å². The summed E-state index contributed by atoms with van der Waals surface area (Å²) in [5.74, 6) is 2.13. The molecule has 2 rings (SSSR count). The normalized spacial score (nSPS) is 46.6. The second-order valence-electron chi connectivity index (χ2n) is 3.22. The topological polar surface area (TPSA) is 20.2 Å². The van der Waals surface area contributed by atoms with Crippen molar-refractivity contribution in [2.24, 2.45) is 17.8 Å². The molecule has 1 N–H and O–H groups in total. The average molecular weight is 124 g/mol. The Morgan fingerprint density at radius 2 is 2.22 bits per heavy atom. The summed E-state index contributed by atoms with van der Waals surface area (Å²) >= 11 is 0. The highest BCUT2D eigenvalue weighted by atomic mass is 16.3. The zero-order valence-electron chi connectivity index (χ0n) is 5.46. The van der Waals surface area contributed by atoms with Crippen molar-refractivity contribution in [2.45, 2.75) is 12.8 Å². The molecule has 1 nitrogen and oxygen atoms in total. The molecule has 0 aromatic carbocycles. The maximum absolute atomic E-state index is 8.85. The molecule has 0 amide bonds. The Kier molecular flexibility index (Phi) is 1.12. The Morgan fingerprint density at radius 1 is 1.33 bits per heavy atom. The van der Waals surface area contributed by atoms with Gasteiger partial charge in [-0.2, -0.15) is 0 Å². The van der Waals surface area contributed by atoms with Crippen molar-refractivity contribution in [3.63, 3.8) is 0 Å². The van der Waals surface area contributed by atoms with Gasteiger partial charge in [-0.15, -0.1) is 0 Å². The van der Waals surface area contributed by atoms with Gasteiger partial charge in [0, 0.05) is 6.61 Å². The lowest BCUT2D eigenvalue weighted by Crippen LogP contribution is -2.10. The van der Waals surface area contributed by atoms with Gasteiger partial charge >= 0.3 is 0 Å². The van der Waals surface area contributed by atoms with Crippen molar-refractivity contribution in [3.05, 3.63) is 12.2 Å². The van der Waals surface area contributed by atoms with Crippen molar-refractivity contribution in [1.29, 1.82) is 0 Å². The summed E-state index contributed by atoms with van der Waals surface area (Å²) in [4.78, 5) is 0. The molecule has 0 saturated heterocycles. The van der Waals surface area contributed by atoms with Gasteiger partial charge in [0.2, 0.25) is 0 Å². The zero-order chi connectivity index (χ0) is 6.27. The van der Waals surface area contributed by atoms with Crippen LogP contribution in [0.3, 0.4) is 0 Å². The first-order chi connectivity index (χ1) is 4.40. The molecule has 2 aliphatic carbocycles. The molecule has 0 spiro atoms. The number of allylic oxidation sites excluding steroid dienone is 2. The third-order valence-electron chi connectivity index (χ3n) is 2.65. The molecule has 1 heteroatoms. The minimum atomic E-state index is 0.394. The fraction of sp³-hybridized carbons (Fsp3) is 0.750. The lowest BCUT2D eigenvalue weighted by atomic mass is 9.95. The van der Waals surface area contributed by atoms with Crippen LogP contribution in [-0.4, -0.2) is 11.7 Å². The minimum Gasteiger partial charge on any atom is -0.396 e. The standard InChI is InChI=1S/C8H12O/c9-5-8-4-6-1-2-7(8)3-6/h1-2,6-9H,3-5H2/t6-,7-,8+/m0/s1. The molecule has 2 aliphatic rings. The van der Waals surface area contributed by atoms with Crippen LogP contribution in [0, 0.1) is 17.8 Å². The molecule has 0 aromatic heterocycles. The van der Waals surface area contributed by atoms with Gasteiger partial charge in [-0.05, 0) is 30.6 Å². The van der Waals surface area contributed by atoms with E-state index in [0.717, 1.165) is 11.8 Å². The van der Waals surface area contributed by atoms with Gasteiger partial charge in [0.1, 0.15) is 0 Å². The number of rotatable bonds is 1. The predicted molar refractivity (Wildman–Crippen MR) is 35.9 cm³/mol. The minimum absolute atomic E-state index is 0.394. The van der Waals surface area contributed by atoms with E-state index in [9.17, 15) is 0 Å². The van der Waals surface area contributed by atoms with Crippen LogP contribution in [0.4, 0.5) is 0 Å². The summed E-state index contributed by atoms with van der Waals surface area (Å²) in [5.41, 5.74) is 0. The van der Waals surface area contributed by atoms with Gasteiger partial charge in [-0.3, -0.25) is 0 Å². The first-order valence-corrected chi connectivity index (χ1v) is 3.69. The zero-order valence-corrected chi connectivity index (χ0v) is 5.46. The number of hydrogen-bond acceptors (Lipinski definition) is 1. The van der Waals surface area contributed by atoms with Crippen LogP contribution in [0.5, 0.6) is 0 Å². The van der Waals surface area contributed by atoms with Gasteiger partial charge in [-0.1, -0.05) is 12.2 Å². The third kappa shape index (κ3) is 0.715. The van der Waals surface area contributed by atoms with Crippen molar-refractivity contribution in [3.8, 4) is 0 Å². The van der Waals surface area contributed by atoms with Crippen molar-refractivity contribution in [1.82, 2.24) is 0 Å². The molecule has 3 atom stereocenters. The van der Waals surface area contributed by atoms with Gasteiger partial charge in [-0.25, -0.2) is 0 Å². The SMILES string of the molecule is OC[C@H]1C[C@H]2C=C[C@H]1C2. The van der Waals surface area contributed by atoms with E-state index < -0.39 is 0 Å². The van der Waals surface area contributed by atoms with Crippen LogP contribution in [0.15, 0.2) is 12.2 Å². The fourth-order valence-corrected chi connectivity index (χ4v) is 2.10. The van der Waals surface area contributed by atoms with E-state index in [1.165, 1.54) is 12.8 Å². The number of hydrogen-bond donors (Lipinski definition) is 1. The van der Waals surface area contributed by atoms with E-state index in [2.05, 4.69) is 12.2 Å². The van der Waals surface area contributed by atoms with Crippen LogP contribution >= 0.6 is 0 Å². The van der Waals surface area contributed by atoms with Gasteiger partial charge < -0.3 is 5.11 Å². The summed E-state index contributed by atoms with van der Waals surface area (Å²) in [6.07, 6.45) is 7.12. The lowest BCUT2D eigenvalue weighted by molar-refractivity contribution is 0.207. The molecule has 9 heavy (non-hydrogen) atoms. The largest absolute Gasteiger partial charge is 0.396 e. The first-order valence-electron chi connectivity index (χ1n) is 3.69. The van der Waals surface area contributed by atoms with E-state index in [0.29, 0.717) is 12.5 Å². The van der Waals surface area contributed by atoms with E-state index in [-0.39, 0.29) is 0 Å². The molecule has 0 aromatic rings. The maximum Gasteiger partial charge on any atom is 0.0465 e. The Morgan fingerprint density at radius 3 is 2.56 bits per heavy atom. The first kappa shape index (κ1) is 5.48. The highest BCUT2D eigenvalue weighted by Gasteiger charge is 2.34. The second-order valence-corrected chi connectivity index (χ2v) is 3.22. The maximum atomic E-state index is 8.85. The molecule has 0 aliphatic heterocycles. The lowest BCUT2D eigenvalue weighted by Gasteiger charge is -2.13. The van der Waals surface area contributed by atoms with Gasteiger partial charge in [0.05, 0.1) is 0 Å². The highest BCUT2D eigenvalue weighted by Crippen LogP contribution is 2.42. The molecule has 0 heterocycles. The van der Waals surface area contributed by atoms with E-state index in [1.807, 2.05) is 0 Å². The van der Waals surface area contributed by atoms with Crippen LogP contribution in [-0.2, 0) is 0 Å². The molecule has 50 valence electrons. The quantitative estimate of drug-likeness (QED) is 0.520. The van der Waals surface area contributed by atoms with Crippen molar-refractivity contribution in [2.75, 3.05) is 6.61 Å². The summed E-state index contributed by atoms with van der Waals surface area (Å²) in [6, 6.07) is 0. The average Bonchev–Trinajstić information content (AvgIpc) is 2.45. The fourth-order valence-electron chi connectivity index (χ4n) is 2.10. The monoisotopic (exact) mass is 124 g/mol. The highest BCUT2D eigenvalue weighted by molar-refractivity contribution is 5.09. The van der Waals surface area contributed by atoms with Crippen LogP contribution in [0.25, 0.3) is 0 Å². The molecular weight excluding hydrogens is 112 g/mol. The predicted octanol–water partition coefficient (Wildman–Crippen LogP) is 1.19.